The van der Waals surface area contributed by atoms with Gasteiger partial charge in [0.1, 0.15) is 6.61 Å². The van der Waals surface area contributed by atoms with Crippen LogP contribution in [0.5, 0.6) is 0 Å². The standard InChI is InChI=1S/C18H15BrF3NO2/c19-16-11-15(18(20,21)22)9-8-14(16)7-4-10-23-17(24)25-12-13-5-2-1-3-6-13/h1-9,11H,10,12H2,(H,23,24). The monoisotopic (exact) mass is 413 g/mol. The summed E-state index contributed by atoms with van der Waals surface area (Å²) in [6.45, 7) is 0.363. The number of carbonyl (C=O) groups excluding carboxylic acids is 1. The molecule has 0 radical (unpaired) electrons. The van der Waals surface area contributed by atoms with E-state index in [1.54, 1.807) is 12.2 Å². The number of alkyl halides is 3. The molecule has 0 aromatic heterocycles. The van der Waals surface area contributed by atoms with Gasteiger partial charge in [-0.3, -0.25) is 0 Å². The highest BCUT2D eigenvalue weighted by molar-refractivity contribution is 9.10. The average Bonchev–Trinajstić information content (AvgIpc) is 2.58. The topological polar surface area (TPSA) is 38.3 Å². The van der Waals surface area contributed by atoms with Crippen LogP contribution in [0.4, 0.5) is 18.0 Å². The highest BCUT2D eigenvalue weighted by Gasteiger charge is 2.30. The molecule has 0 aliphatic heterocycles. The summed E-state index contributed by atoms with van der Waals surface area (Å²) >= 11 is 3.11. The van der Waals surface area contributed by atoms with Crippen molar-refractivity contribution in [1.29, 1.82) is 0 Å². The van der Waals surface area contributed by atoms with Gasteiger partial charge in [0.15, 0.2) is 0 Å². The minimum absolute atomic E-state index is 0.168. The molecule has 2 aromatic carbocycles. The second kappa shape index (κ2) is 8.71. The number of amides is 1. The Balaban J connectivity index is 1.80. The van der Waals surface area contributed by atoms with E-state index in [9.17, 15) is 18.0 Å². The van der Waals surface area contributed by atoms with Crippen molar-refractivity contribution in [2.24, 2.45) is 0 Å². The Morgan fingerprint density at radius 1 is 1.16 bits per heavy atom. The Morgan fingerprint density at radius 2 is 1.88 bits per heavy atom. The second-order valence-corrected chi connectivity index (χ2v) is 5.93. The molecule has 0 unspecified atom stereocenters. The number of ether oxygens (including phenoxy) is 1. The van der Waals surface area contributed by atoms with Crippen molar-refractivity contribution in [3.63, 3.8) is 0 Å². The molecule has 1 N–H and O–H groups in total. The Bertz CT molecular complexity index is 746. The van der Waals surface area contributed by atoms with Crippen LogP contribution in [0, 0.1) is 0 Å². The SMILES string of the molecule is O=C(NCC=Cc1ccc(C(F)(F)F)cc1Br)OCc1ccccc1. The third kappa shape index (κ3) is 6.26. The highest BCUT2D eigenvalue weighted by atomic mass is 79.9. The zero-order chi connectivity index (χ0) is 18.3. The van der Waals surface area contributed by atoms with E-state index in [1.165, 1.54) is 6.07 Å². The minimum atomic E-state index is -4.38. The number of alkyl carbamates (subject to hydrolysis) is 1. The zero-order valence-electron chi connectivity index (χ0n) is 13.0. The van der Waals surface area contributed by atoms with E-state index in [0.29, 0.717) is 10.0 Å². The molecule has 0 fully saturated rings. The fraction of sp³-hybridized carbons (Fsp3) is 0.167. The summed E-state index contributed by atoms with van der Waals surface area (Å²) in [7, 11) is 0. The molecule has 132 valence electrons. The molecule has 0 aliphatic rings. The van der Waals surface area contributed by atoms with Crippen LogP contribution in [0.25, 0.3) is 6.08 Å². The van der Waals surface area contributed by atoms with Gasteiger partial charge in [0.2, 0.25) is 0 Å². The average molecular weight is 414 g/mol. The molecule has 25 heavy (non-hydrogen) atoms. The largest absolute Gasteiger partial charge is 0.445 e. The van der Waals surface area contributed by atoms with Crippen LogP contribution in [-0.4, -0.2) is 12.6 Å². The van der Waals surface area contributed by atoms with E-state index in [2.05, 4.69) is 21.2 Å². The van der Waals surface area contributed by atoms with Gasteiger partial charge < -0.3 is 10.1 Å². The number of benzene rings is 2. The van der Waals surface area contributed by atoms with E-state index in [4.69, 9.17) is 4.74 Å². The summed E-state index contributed by atoms with van der Waals surface area (Å²) in [5.74, 6) is 0. The van der Waals surface area contributed by atoms with Crippen molar-refractivity contribution in [2.45, 2.75) is 12.8 Å². The Labute approximate surface area is 151 Å². The lowest BCUT2D eigenvalue weighted by Gasteiger charge is -2.08. The van der Waals surface area contributed by atoms with Gasteiger partial charge in [-0.1, -0.05) is 64.5 Å². The number of nitrogens with one attached hydrogen (secondary N) is 1. The van der Waals surface area contributed by atoms with Gasteiger partial charge in [-0.2, -0.15) is 13.2 Å². The van der Waals surface area contributed by atoms with E-state index in [1.807, 2.05) is 30.3 Å². The second-order valence-electron chi connectivity index (χ2n) is 5.08. The molecule has 2 rings (SSSR count). The Hall–Kier alpha value is -2.28. The lowest BCUT2D eigenvalue weighted by molar-refractivity contribution is -0.137. The Kier molecular flexibility index (Phi) is 6.64. The molecular weight excluding hydrogens is 399 g/mol. The molecule has 1 amide bonds. The van der Waals surface area contributed by atoms with Gasteiger partial charge in [0.05, 0.1) is 5.56 Å². The van der Waals surface area contributed by atoms with Gasteiger partial charge >= 0.3 is 12.3 Å². The van der Waals surface area contributed by atoms with E-state index >= 15 is 0 Å². The molecule has 0 atom stereocenters. The van der Waals surface area contributed by atoms with Crippen LogP contribution in [0.1, 0.15) is 16.7 Å². The normalized spacial score (nSPS) is 11.5. The van der Waals surface area contributed by atoms with Crippen LogP contribution in [0.3, 0.4) is 0 Å². The van der Waals surface area contributed by atoms with Crippen LogP contribution < -0.4 is 5.32 Å². The van der Waals surface area contributed by atoms with E-state index in [-0.39, 0.29) is 13.2 Å². The number of carbonyl (C=O) groups is 1. The van der Waals surface area contributed by atoms with Crippen molar-refractivity contribution >= 4 is 28.1 Å². The first-order valence-electron chi connectivity index (χ1n) is 7.34. The molecule has 0 bridgehead atoms. The maximum absolute atomic E-state index is 12.6. The lowest BCUT2D eigenvalue weighted by Crippen LogP contribution is -2.24. The smallest absolute Gasteiger partial charge is 0.416 e. The molecule has 3 nitrogen and oxygen atoms in total. The predicted molar refractivity (Wildman–Crippen MR) is 92.8 cm³/mol. The van der Waals surface area contributed by atoms with E-state index < -0.39 is 17.8 Å². The van der Waals surface area contributed by atoms with Crippen LogP contribution in [0.15, 0.2) is 59.1 Å². The molecule has 0 saturated heterocycles. The van der Waals surface area contributed by atoms with Gasteiger partial charge in [0, 0.05) is 11.0 Å². The van der Waals surface area contributed by atoms with Gasteiger partial charge in [0.25, 0.3) is 0 Å². The number of rotatable bonds is 5. The summed E-state index contributed by atoms with van der Waals surface area (Å²) in [4.78, 5) is 11.5. The van der Waals surface area contributed by atoms with Crippen molar-refractivity contribution in [3.05, 3.63) is 75.8 Å². The quantitative estimate of drug-likeness (QED) is 0.711. The summed E-state index contributed by atoms with van der Waals surface area (Å²) < 4.78 is 43.1. The minimum Gasteiger partial charge on any atom is -0.445 e. The molecule has 2 aromatic rings. The summed E-state index contributed by atoms with van der Waals surface area (Å²) in [5, 5.41) is 2.53. The van der Waals surface area contributed by atoms with Crippen LogP contribution >= 0.6 is 15.9 Å². The fourth-order valence-corrected chi connectivity index (χ4v) is 2.45. The summed E-state index contributed by atoms with van der Waals surface area (Å²) in [5.41, 5.74) is 0.730. The first-order chi connectivity index (χ1) is 11.9. The van der Waals surface area contributed by atoms with Gasteiger partial charge in [-0.05, 0) is 23.3 Å². The Morgan fingerprint density at radius 3 is 2.52 bits per heavy atom. The molecule has 7 heteroatoms. The van der Waals surface area contributed by atoms with Crippen LogP contribution in [-0.2, 0) is 17.5 Å². The first kappa shape index (κ1) is 19.1. The highest BCUT2D eigenvalue weighted by Crippen LogP contribution is 2.32. The predicted octanol–water partition coefficient (Wildman–Crippen LogP) is 5.41. The number of hydrogen-bond acceptors (Lipinski definition) is 2. The summed E-state index contributed by atoms with van der Waals surface area (Å²) in [6.07, 6.45) is -1.71. The molecule has 0 aliphatic carbocycles. The molecular formula is C18H15BrF3NO2. The van der Waals surface area contributed by atoms with Crippen molar-refractivity contribution < 1.29 is 22.7 Å². The van der Waals surface area contributed by atoms with Crippen molar-refractivity contribution in [3.8, 4) is 0 Å². The van der Waals surface area contributed by atoms with Gasteiger partial charge in [-0.25, -0.2) is 4.79 Å². The molecule has 0 saturated carbocycles. The molecule has 0 spiro atoms. The van der Waals surface area contributed by atoms with Crippen molar-refractivity contribution in [1.82, 2.24) is 5.32 Å². The number of halogens is 4. The van der Waals surface area contributed by atoms with Crippen molar-refractivity contribution in [2.75, 3.05) is 6.54 Å². The fourth-order valence-electron chi connectivity index (χ4n) is 1.94. The lowest BCUT2D eigenvalue weighted by atomic mass is 10.1. The molecule has 0 heterocycles. The van der Waals surface area contributed by atoms with E-state index in [0.717, 1.165) is 17.7 Å². The number of hydrogen-bond donors (Lipinski definition) is 1. The maximum atomic E-state index is 12.6. The van der Waals surface area contributed by atoms with Crippen LogP contribution in [0.2, 0.25) is 0 Å². The third-order valence-corrected chi connectivity index (χ3v) is 3.89. The summed E-state index contributed by atoms with van der Waals surface area (Å²) in [6, 6.07) is 12.6. The zero-order valence-corrected chi connectivity index (χ0v) is 14.6. The van der Waals surface area contributed by atoms with Gasteiger partial charge in [-0.15, -0.1) is 0 Å². The third-order valence-electron chi connectivity index (χ3n) is 3.20. The first-order valence-corrected chi connectivity index (χ1v) is 8.13. The maximum Gasteiger partial charge on any atom is 0.416 e.